The highest BCUT2D eigenvalue weighted by molar-refractivity contribution is 6.43. The van der Waals surface area contributed by atoms with Gasteiger partial charge < -0.3 is 10.4 Å². The fourth-order valence-corrected chi connectivity index (χ4v) is 2.19. The molecule has 1 aromatic rings. The van der Waals surface area contributed by atoms with Crippen molar-refractivity contribution in [2.24, 2.45) is 5.92 Å². The van der Waals surface area contributed by atoms with Gasteiger partial charge in [0, 0.05) is 17.6 Å². The van der Waals surface area contributed by atoms with E-state index in [4.69, 9.17) is 23.2 Å². The summed E-state index contributed by atoms with van der Waals surface area (Å²) in [4.78, 5) is 0. The van der Waals surface area contributed by atoms with Crippen LogP contribution >= 0.6 is 23.2 Å². The lowest BCUT2D eigenvalue weighted by molar-refractivity contribution is 0.450. The van der Waals surface area contributed by atoms with Crippen molar-refractivity contribution >= 4 is 23.2 Å². The Morgan fingerprint density at radius 2 is 2.06 bits per heavy atom. The van der Waals surface area contributed by atoms with Gasteiger partial charge in [0.25, 0.3) is 0 Å². The van der Waals surface area contributed by atoms with E-state index in [0.717, 1.165) is 11.5 Å². The van der Waals surface area contributed by atoms with Crippen LogP contribution in [0.25, 0.3) is 0 Å². The normalized spacial score (nSPS) is 25.5. The summed E-state index contributed by atoms with van der Waals surface area (Å²) in [5.41, 5.74) is 0.800. The first-order valence-corrected chi connectivity index (χ1v) is 6.19. The van der Waals surface area contributed by atoms with E-state index in [1.165, 1.54) is 6.42 Å². The second kappa shape index (κ2) is 4.44. The number of aromatic hydroxyl groups is 1. The predicted octanol–water partition coefficient (Wildman–Crippen LogP) is 3.76. The molecule has 3 unspecified atom stereocenters. The Morgan fingerprint density at radius 3 is 2.62 bits per heavy atom. The number of rotatable bonds is 3. The molecule has 1 fully saturated rings. The second-order valence-electron chi connectivity index (χ2n) is 4.51. The van der Waals surface area contributed by atoms with Crippen molar-refractivity contribution in [1.29, 1.82) is 0 Å². The number of phenolic OH excluding ortho intramolecular Hbond substituents is 1. The molecule has 88 valence electrons. The van der Waals surface area contributed by atoms with Gasteiger partial charge >= 0.3 is 0 Å². The molecule has 1 aliphatic rings. The first-order chi connectivity index (χ1) is 7.50. The summed E-state index contributed by atoms with van der Waals surface area (Å²) < 4.78 is 0. The third kappa shape index (κ3) is 2.29. The Hall–Kier alpha value is -0.440. The van der Waals surface area contributed by atoms with E-state index in [9.17, 15) is 5.11 Å². The highest BCUT2D eigenvalue weighted by Crippen LogP contribution is 2.38. The van der Waals surface area contributed by atoms with E-state index in [0.29, 0.717) is 11.1 Å². The Morgan fingerprint density at radius 1 is 1.44 bits per heavy atom. The van der Waals surface area contributed by atoms with Crippen LogP contribution in [0.3, 0.4) is 0 Å². The summed E-state index contributed by atoms with van der Waals surface area (Å²) in [6, 6.07) is 4.18. The van der Waals surface area contributed by atoms with Gasteiger partial charge in [-0.25, -0.2) is 0 Å². The molecule has 2 N–H and O–H groups in total. The van der Waals surface area contributed by atoms with Crippen LogP contribution in [0.5, 0.6) is 5.75 Å². The lowest BCUT2D eigenvalue weighted by Gasteiger charge is -2.16. The van der Waals surface area contributed by atoms with Crippen LogP contribution in [-0.2, 0) is 0 Å². The van der Waals surface area contributed by atoms with Crippen molar-refractivity contribution in [1.82, 2.24) is 5.32 Å². The van der Waals surface area contributed by atoms with E-state index in [-0.39, 0.29) is 16.8 Å². The lowest BCUT2D eigenvalue weighted by atomic mass is 10.1. The highest BCUT2D eigenvalue weighted by atomic mass is 35.5. The van der Waals surface area contributed by atoms with Crippen molar-refractivity contribution in [3.63, 3.8) is 0 Å². The molecule has 4 heteroatoms. The number of halogens is 2. The van der Waals surface area contributed by atoms with E-state index < -0.39 is 0 Å². The smallest absolute Gasteiger partial charge is 0.140 e. The summed E-state index contributed by atoms with van der Waals surface area (Å²) in [5.74, 6) is 0.815. The summed E-state index contributed by atoms with van der Waals surface area (Å²) in [5, 5.41) is 14.0. The molecule has 1 aliphatic carbocycles. The molecule has 0 bridgehead atoms. The number of hydrogen-bond acceptors (Lipinski definition) is 2. The highest BCUT2D eigenvalue weighted by Gasteiger charge is 2.33. The van der Waals surface area contributed by atoms with Crippen molar-refractivity contribution < 1.29 is 5.11 Å². The monoisotopic (exact) mass is 259 g/mol. The van der Waals surface area contributed by atoms with Gasteiger partial charge in [-0.3, -0.25) is 0 Å². The molecule has 2 nitrogen and oxygen atoms in total. The molecule has 0 spiro atoms. The Bertz CT molecular complexity index is 408. The van der Waals surface area contributed by atoms with Gasteiger partial charge in [-0.15, -0.1) is 0 Å². The van der Waals surface area contributed by atoms with Gasteiger partial charge in [-0.2, -0.15) is 0 Å². The quantitative estimate of drug-likeness (QED) is 0.867. The van der Waals surface area contributed by atoms with Crippen LogP contribution < -0.4 is 5.32 Å². The van der Waals surface area contributed by atoms with Gasteiger partial charge in [0.2, 0.25) is 0 Å². The molecule has 0 aliphatic heterocycles. The van der Waals surface area contributed by atoms with Gasteiger partial charge in [0.05, 0.1) is 5.02 Å². The fourth-order valence-electron chi connectivity index (χ4n) is 1.87. The maximum absolute atomic E-state index is 9.89. The van der Waals surface area contributed by atoms with Crippen LogP contribution in [0.1, 0.15) is 31.9 Å². The minimum absolute atomic E-state index is 0.0856. The van der Waals surface area contributed by atoms with Crippen LogP contribution in [0.4, 0.5) is 0 Å². The average molecular weight is 260 g/mol. The minimum atomic E-state index is 0.0856. The largest absolute Gasteiger partial charge is 0.506 e. The topological polar surface area (TPSA) is 32.3 Å². The average Bonchev–Trinajstić information content (AvgIpc) is 2.90. The SMILES string of the molecule is CC(NC1CC1C)c1ccc(Cl)c(Cl)c1O. The van der Waals surface area contributed by atoms with Gasteiger partial charge in [0.15, 0.2) is 0 Å². The number of phenols is 1. The zero-order valence-electron chi connectivity index (χ0n) is 9.30. The van der Waals surface area contributed by atoms with E-state index in [1.807, 2.05) is 13.0 Å². The minimum Gasteiger partial charge on any atom is -0.506 e. The van der Waals surface area contributed by atoms with Crippen molar-refractivity contribution in [3.05, 3.63) is 27.7 Å². The summed E-state index contributed by atoms with van der Waals surface area (Å²) in [6.07, 6.45) is 1.20. The lowest BCUT2D eigenvalue weighted by Crippen LogP contribution is -2.22. The van der Waals surface area contributed by atoms with E-state index in [1.54, 1.807) is 6.07 Å². The van der Waals surface area contributed by atoms with Crippen LogP contribution in [0.2, 0.25) is 10.0 Å². The Labute approximate surface area is 106 Å². The molecule has 2 rings (SSSR count). The van der Waals surface area contributed by atoms with Gasteiger partial charge in [-0.1, -0.05) is 36.2 Å². The molecule has 16 heavy (non-hydrogen) atoms. The predicted molar refractivity (Wildman–Crippen MR) is 67.2 cm³/mol. The van der Waals surface area contributed by atoms with E-state index >= 15 is 0 Å². The molecule has 0 aromatic heterocycles. The third-order valence-electron chi connectivity index (χ3n) is 3.14. The maximum Gasteiger partial charge on any atom is 0.140 e. The first-order valence-electron chi connectivity index (χ1n) is 5.43. The summed E-state index contributed by atoms with van der Waals surface area (Å²) in [6.45, 7) is 4.23. The zero-order valence-corrected chi connectivity index (χ0v) is 10.8. The van der Waals surface area contributed by atoms with Crippen LogP contribution in [0.15, 0.2) is 12.1 Å². The molecule has 3 atom stereocenters. The molecular formula is C12H15Cl2NO. The Balaban J connectivity index is 2.16. The Kier molecular flexibility index (Phi) is 3.34. The summed E-state index contributed by atoms with van der Waals surface area (Å²) in [7, 11) is 0. The number of benzene rings is 1. The van der Waals surface area contributed by atoms with Crippen molar-refractivity contribution in [2.75, 3.05) is 0 Å². The van der Waals surface area contributed by atoms with Crippen LogP contribution in [0, 0.1) is 5.92 Å². The molecule has 0 heterocycles. The first kappa shape index (κ1) is 12.0. The van der Waals surface area contributed by atoms with Crippen molar-refractivity contribution in [3.8, 4) is 5.75 Å². The molecule has 0 amide bonds. The molecule has 0 saturated heterocycles. The molecule has 1 saturated carbocycles. The van der Waals surface area contributed by atoms with Crippen LogP contribution in [-0.4, -0.2) is 11.1 Å². The maximum atomic E-state index is 9.89. The van der Waals surface area contributed by atoms with Gasteiger partial charge in [-0.05, 0) is 25.3 Å². The molecule has 1 aromatic carbocycles. The van der Waals surface area contributed by atoms with E-state index in [2.05, 4.69) is 12.2 Å². The standard InChI is InChI=1S/C12H15Cl2NO/c1-6-5-10(6)15-7(2)8-3-4-9(13)11(14)12(8)16/h3-4,6-7,10,15-16H,5H2,1-2H3. The number of hydrogen-bond donors (Lipinski definition) is 2. The molecule has 0 radical (unpaired) electrons. The third-order valence-corrected chi connectivity index (χ3v) is 3.93. The van der Waals surface area contributed by atoms with Crippen molar-refractivity contribution in [2.45, 2.75) is 32.4 Å². The molecular weight excluding hydrogens is 245 g/mol. The summed E-state index contributed by atoms with van der Waals surface area (Å²) >= 11 is 11.7. The zero-order chi connectivity index (χ0) is 11.9. The van der Waals surface area contributed by atoms with Gasteiger partial charge in [0.1, 0.15) is 10.8 Å². The fraction of sp³-hybridized carbons (Fsp3) is 0.500. The number of nitrogens with one attached hydrogen (secondary N) is 1. The second-order valence-corrected chi connectivity index (χ2v) is 5.29.